The van der Waals surface area contributed by atoms with E-state index in [9.17, 15) is 9.59 Å². The highest BCUT2D eigenvalue weighted by atomic mass is 16.5. The molecule has 1 fully saturated rings. The summed E-state index contributed by atoms with van der Waals surface area (Å²) >= 11 is 0. The number of carbonyl (C=O) groups is 2. The topological polar surface area (TPSA) is 62.4 Å². The summed E-state index contributed by atoms with van der Waals surface area (Å²) in [5, 5.41) is 0. The lowest BCUT2D eigenvalue weighted by atomic mass is 10.0. The van der Waals surface area contributed by atoms with E-state index in [0.717, 1.165) is 35.4 Å². The lowest BCUT2D eigenvalue weighted by Crippen LogP contribution is -2.31. The summed E-state index contributed by atoms with van der Waals surface area (Å²) in [6, 6.07) is 7.91. The van der Waals surface area contributed by atoms with Crippen LogP contribution in [-0.2, 0) is 0 Å². The average molecular weight is 340 g/mol. The number of rotatable bonds is 4. The summed E-state index contributed by atoms with van der Waals surface area (Å²) in [4.78, 5) is 30.0. The molecule has 5 nitrogen and oxygen atoms in total. The molecule has 1 aliphatic heterocycles. The van der Waals surface area contributed by atoms with Gasteiger partial charge in [0.1, 0.15) is 11.4 Å². The second-order valence-corrected chi connectivity index (χ2v) is 6.61. The molecule has 0 spiro atoms. The number of H-pyrrole nitrogens is 1. The molecule has 1 amide bonds. The molecule has 1 atom stereocenters. The zero-order chi connectivity index (χ0) is 18.1. The SMILES string of the molecule is COc1cccc([C@@H]2CCCN2C(=O)c2[nH]c(C)c(C(C)=O)c2C)c1. The summed E-state index contributed by atoms with van der Waals surface area (Å²) in [6.45, 7) is 5.92. The molecule has 2 aromatic rings. The Morgan fingerprint density at radius 2 is 2.04 bits per heavy atom. The first-order chi connectivity index (χ1) is 11.9. The molecular weight excluding hydrogens is 316 g/mol. The molecule has 1 aliphatic rings. The minimum absolute atomic E-state index is 0.0175. The maximum Gasteiger partial charge on any atom is 0.271 e. The van der Waals surface area contributed by atoms with Crippen molar-refractivity contribution in [2.45, 2.75) is 39.7 Å². The third kappa shape index (κ3) is 3.06. The van der Waals surface area contributed by atoms with E-state index in [1.165, 1.54) is 6.92 Å². The van der Waals surface area contributed by atoms with Crippen molar-refractivity contribution in [2.75, 3.05) is 13.7 Å². The van der Waals surface area contributed by atoms with Crippen LogP contribution in [-0.4, -0.2) is 35.2 Å². The van der Waals surface area contributed by atoms with Crippen LogP contribution in [0.15, 0.2) is 24.3 Å². The molecule has 0 unspecified atom stereocenters. The number of ether oxygens (including phenoxy) is 1. The van der Waals surface area contributed by atoms with Crippen molar-refractivity contribution in [3.63, 3.8) is 0 Å². The maximum atomic E-state index is 13.1. The molecule has 0 saturated carbocycles. The van der Waals surface area contributed by atoms with Crippen LogP contribution in [0.4, 0.5) is 0 Å². The van der Waals surface area contributed by atoms with E-state index < -0.39 is 0 Å². The van der Waals surface area contributed by atoms with Crippen LogP contribution in [0.3, 0.4) is 0 Å². The molecule has 1 N–H and O–H groups in total. The van der Waals surface area contributed by atoms with Gasteiger partial charge < -0.3 is 14.6 Å². The van der Waals surface area contributed by atoms with Crippen molar-refractivity contribution in [3.8, 4) is 5.75 Å². The first kappa shape index (κ1) is 17.3. The number of aryl methyl sites for hydroxylation is 1. The van der Waals surface area contributed by atoms with Gasteiger partial charge >= 0.3 is 0 Å². The number of aromatic amines is 1. The number of ketones is 1. The second kappa shape index (κ2) is 6.75. The van der Waals surface area contributed by atoms with Crippen LogP contribution in [0.2, 0.25) is 0 Å². The van der Waals surface area contributed by atoms with Crippen molar-refractivity contribution in [3.05, 3.63) is 52.3 Å². The number of amides is 1. The van der Waals surface area contributed by atoms with Crippen molar-refractivity contribution in [1.82, 2.24) is 9.88 Å². The molecule has 25 heavy (non-hydrogen) atoms. The standard InChI is InChI=1S/C20H24N2O3/c1-12-18(14(3)23)13(2)21-19(12)20(24)22-10-6-9-17(22)15-7-5-8-16(11-15)25-4/h5,7-8,11,17,21H,6,9-10H2,1-4H3/t17-/m0/s1. The van der Waals surface area contributed by atoms with Gasteiger partial charge in [0, 0.05) is 17.8 Å². The van der Waals surface area contributed by atoms with Crippen molar-refractivity contribution < 1.29 is 14.3 Å². The highest BCUT2D eigenvalue weighted by molar-refractivity contribution is 6.02. The largest absolute Gasteiger partial charge is 0.497 e. The molecule has 1 aromatic heterocycles. The number of aromatic nitrogens is 1. The van der Waals surface area contributed by atoms with Crippen molar-refractivity contribution in [2.24, 2.45) is 0 Å². The minimum atomic E-state index is -0.0431. The normalized spacial score (nSPS) is 17.0. The molecule has 0 aliphatic carbocycles. The van der Waals surface area contributed by atoms with Gasteiger partial charge in [0.15, 0.2) is 5.78 Å². The number of hydrogen-bond donors (Lipinski definition) is 1. The fourth-order valence-corrected chi connectivity index (χ4v) is 3.84. The van der Waals surface area contributed by atoms with Crippen LogP contribution in [0, 0.1) is 13.8 Å². The quantitative estimate of drug-likeness (QED) is 0.861. The lowest BCUT2D eigenvalue weighted by molar-refractivity contribution is 0.0729. The number of methoxy groups -OCH3 is 1. The van der Waals surface area contributed by atoms with Crippen LogP contribution in [0.25, 0.3) is 0 Å². The van der Waals surface area contributed by atoms with E-state index >= 15 is 0 Å². The second-order valence-electron chi connectivity index (χ2n) is 6.61. The number of hydrogen-bond acceptors (Lipinski definition) is 3. The number of likely N-dealkylation sites (tertiary alicyclic amines) is 1. The first-order valence-electron chi connectivity index (χ1n) is 8.59. The molecule has 5 heteroatoms. The fraction of sp³-hybridized carbons (Fsp3) is 0.400. The average Bonchev–Trinajstić information content (AvgIpc) is 3.19. The van der Waals surface area contributed by atoms with E-state index in [4.69, 9.17) is 4.74 Å². The summed E-state index contributed by atoms with van der Waals surface area (Å²) in [5.41, 5.74) is 3.73. The number of nitrogens with one attached hydrogen (secondary N) is 1. The molecule has 2 heterocycles. The molecule has 0 radical (unpaired) electrons. The highest BCUT2D eigenvalue weighted by Crippen LogP contribution is 2.35. The van der Waals surface area contributed by atoms with Gasteiger partial charge in [-0.3, -0.25) is 9.59 Å². The van der Waals surface area contributed by atoms with Crippen molar-refractivity contribution in [1.29, 1.82) is 0 Å². The Morgan fingerprint density at radius 1 is 1.28 bits per heavy atom. The predicted octanol–water partition coefficient (Wildman–Crippen LogP) is 3.82. The summed E-state index contributed by atoms with van der Waals surface area (Å²) in [6.07, 6.45) is 1.89. The predicted molar refractivity (Wildman–Crippen MR) is 96.3 cm³/mol. The highest BCUT2D eigenvalue weighted by Gasteiger charge is 2.33. The molecular formula is C20H24N2O3. The lowest BCUT2D eigenvalue weighted by Gasteiger charge is -2.25. The zero-order valence-electron chi connectivity index (χ0n) is 15.2. The van der Waals surface area contributed by atoms with Gasteiger partial charge in [0.25, 0.3) is 5.91 Å². The first-order valence-corrected chi connectivity index (χ1v) is 8.59. The summed E-state index contributed by atoms with van der Waals surface area (Å²) < 4.78 is 5.31. The van der Waals surface area contributed by atoms with Crippen LogP contribution in [0.1, 0.15) is 63.5 Å². The van der Waals surface area contributed by atoms with E-state index in [2.05, 4.69) is 4.98 Å². The zero-order valence-corrected chi connectivity index (χ0v) is 15.2. The molecule has 3 rings (SSSR count). The molecule has 1 saturated heterocycles. The number of benzene rings is 1. The number of nitrogens with zero attached hydrogens (tertiary/aromatic N) is 1. The van der Waals surface area contributed by atoms with Crippen LogP contribution >= 0.6 is 0 Å². The van der Waals surface area contributed by atoms with E-state index in [1.807, 2.05) is 43.0 Å². The van der Waals surface area contributed by atoms with Gasteiger partial charge in [0.2, 0.25) is 0 Å². The van der Waals surface area contributed by atoms with Gasteiger partial charge in [-0.2, -0.15) is 0 Å². The fourth-order valence-electron chi connectivity index (χ4n) is 3.84. The van der Waals surface area contributed by atoms with Crippen LogP contribution in [0.5, 0.6) is 5.75 Å². The Hall–Kier alpha value is -2.56. The Balaban J connectivity index is 1.94. The smallest absolute Gasteiger partial charge is 0.271 e. The Morgan fingerprint density at radius 3 is 2.68 bits per heavy atom. The molecule has 132 valence electrons. The van der Waals surface area contributed by atoms with Gasteiger partial charge in [-0.25, -0.2) is 0 Å². The third-order valence-corrected chi connectivity index (χ3v) is 5.00. The monoisotopic (exact) mass is 340 g/mol. The molecule has 1 aromatic carbocycles. The third-order valence-electron chi connectivity index (χ3n) is 5.00. The van der Waals surface area contributed by atoms with Gasteiger partial charge in [-0.05, 0) is 56.9 Å². The van der Waals surface area contributed by atoms with E-state index in [0.29, 0.717) is 17.8 Å². The maximum absolute atomic E-state index is 13.1. The van der Waals surface area contributed by atoms with Crippen molar-refractivity contribution >= 4 is 11.7 Å². The Labute approximate surface area is 148 Å². The summed E-state index contributed by atoms with van der Waals surface area (Å²) in [5.74, 6) is 0.733. The van der Waals surface area contributed by atoms with Gasteiger partial charge in [-0.15, -0.1) is 0 Å². The Bertz CT molecular complexity index is 822. The van der Waals surface area contributed by atoms with Gasteiger partial charge in [0.05, 0.1) is 13.2 Å². The summed E-state index contributed by atoms with van der Waals surface area (Å²) in [7, 11) is 1.64. The minimum Gasteiger partial charge on any atom is -0.497 e. The number of carbonyl (C=O) groups excluding carboxylic acids is 2. The van der Waals surface area contributed by atoms with E-state index in [1.54, 1.807) is 7.11 Å². The number of Topliss-reactive ketones (excluding diaryl/α,β-unsaturated/α-hetero) is 1. The Kier molecular flexibility index (Phi) is 4.66. The molecule has 0 bridgehead atoms. The van der Waals surface area contributed by atoms with E-state index in [-0.39, 0.29) is 17.7 Å². The van der Waals surface area contributed by atoms with Gasteiger partial charge in [-0.1, -0.05) is 12.1 Å². The van der Waals surface area contributed by atoms with Crippen LogP contribution < -0.4 is 4.74 Å².